The minimum absolute atomic E-state index is 0. The molecule has 1 aromatic carbocycles. The lowest BCUT2D eigenvalue weighted by Crippen LogP contribution is -2.53. The van der Waals surface area contributed by atoms with E-state index in [0.717, 1.165) is 11.5 Å². The second-order valence-corrected chi connectivity index (χ2v) is 8.05. The normalized spacial score (nSPS) is 15.3. The van der Waals surface area contributed by atoms with Crippen LogP contribution in [0.1, 0.15) is 55.3 Å². The number of amides is 1. The van der Waals surface area contributed by atoms with Crippen molar-refractivity contribution in [3.05, 3.63) is 62.2 Å². The first-order valence-electron chi connectivity index (χ1n) is 10.4. The van der Waals surface area contributed by atoms with Crippen molar-refractivity contribution in [3.63, 3.8) is 0 Å². The van der Waals surface area contributed by atoms with Gasteiger partial charge in [0.05, 0.1) is 6.04 Å². The van der Waals surface area contributed by atoms with Gasteiger partial charge in [0.15, 0.2) is 5.69 Å². The molecule has 1 atom stereocenters. The average Bonchev–Trinajstić information content (AvgIpc) is 2.72. The highest BCUT2D eigenvalue weighted by molar-refractivity contribution is 5.96. The van der Waals surface area contributed by atoms with Crippen LogP contribution in [0.3, 0.4) is 0 Å². The van der Waals surface area contributed by atoms with Crippen molar-refractivity contribution in [2.24, 2.45) is 0 Å². The molecule has 0 saturated heterocycles. The minimum atomic E-state index is -0.823. The predicted molar refractivity (Wildman–Crippen MR) is 123 cm³/mol. The molecular weight excluding hydrogens is 455 g/mol. The van der Waals surface area contributed by atoms with E-state index in [1.165, 1.54) is 21.6 Å². The number of ether oxygens (including phenoxy) is 1. The van der Waals surface area contributed by atoms with Crippen molar-refractivity contribution in [1.29, 1.82) is 0 Å². The first-order valence-corrected chi connectivity index (χ1v) is 10.4. The molecule has 1 aliphatic heterocycles. The number of fused-ring (bicyclic) bond motifs is 1. The van der Waals surface area contributed by atoms with Crippen LogP contribution >= 0.6 is 12.4 Å². The molecule has 1 N–H and O–H groups in total. The lowest BCUT2D eigenvalue weighted by molar-refractivity contribution is -0.132. The van der Waals surface area contributed by atoms with E-state index in [0.29, 0.717) is 18.5 Å². The molecule has 9 nitrogen and oxygen atoms in total. The third kappa shape index (κ3) is 5.33. The van der Waals surface area contributed by atoms with Crippen molar-refractivity contribution in [3.8, 4) is 5.75 Å². The summed E-state index contributed by atoms with van der Waals surface area (Å²) in [6.45, 7) is 5.38. The molecule has 0 bridgehead atoms. The van der Waals surface area contributed by atoms with Gasteiger partial charge in [-0.1, -0.05) is 12.1 Å². The molecule has 1 aliphatic rings. The van der Waals surface area contributed by atoms with Crippen molar-refractivity contribution in [2.45, 2.75) is 45.8 Å². The van der Waals surface area contributed by atoms with E-state index in [4.69, 9.17) is 4.74 Å². The number of nitrogens with one attached hydrogen (secondary N) is 1. The summed E-state index contributed by atoms with van der Waals surface area (Å²) in [7, 11) is 1.77. The number of halogens is 2. The number of hydrogen-bond donors (Lipinski definition) is 1. The van der Waals surface area contributed by atoms with Crippen LogP contribution in [-0.2, 0) is 11.3 Å². The summed E-state index contributed by atoms with van der Waals surface area (Å²) < 4.78 is 20.8. The van der Waals surface area contributed by atoms with E-state index in [2.05, 4.69) is 5.32 Å². The Morgan fingerprint density at radius 2 is 1.85 bits per heavy atom. The number of nitrogens with zero attached hydrogens (tertiary/aromatic N) is 3. The molecule has 0 fully saturated rings. The zero-order chi connectivity index (χ0) is 23.6. The van der Waals surface area contributed by atoms with Gasteiger partial charge < -0.3 is 15.0 Å². The standard InChI is InChI=1S/C22H27FN4O5.ClH/c1-13(2)26-21(30)19(32-14(3)28)18-20(29)25(11-15-5-7-16(23)8-6-15)12-17(9-10-24-4)27(18)22(26)31;/h5-8,13,17,24H,9-12H2,1-4H3;1H. The monoisotopic (exact) mass is 482 g/mol. The fourth-order valence-electron chi connectivity index (χ4n) is 3.90. The number of esters is 1. The average molecular weight is 483 g/mol. The van der Waals surface area contributed by atoms with Crippen LogP contribution in [0.15, 0.2) is 33.9 Å². The van der Waals surface area contributed by atoms with Gasteiger partial charge in [-0.15, -0.1) is 12.4 Å². The Hall–Kier alpha value is -2.98. The summed E-state index contributed by atoms with van der Waals surface area (Å²) in [5.74, 6) is -2.21. The molecule has 11 heteroatoms. The molecule has 1 unspecified atom stereocenters. The number of rotatable bonds is 7. The summed E-state index contributed by atoms with van der Waals surface area (Å²) in [4.78, 5) is 53.0. The van der Waals surface area contributed by atoms with Gasteiger partial charge in [0.1, 0.15) is 5.82 Å². The summed E-state index contributed by atoms with van der Waals surface area (Å²) in [5, 5.41) is 3.03. The number of hydrogen-bond acceptors (Lipinski definition) is 6. The van der Waals surface area contributed by atoms with E-state index in [1.807, 2.05) is 0 Å². The fourth-order valence-corrected chi connectivity index (χ4v) is 3.90. The van der Waals surface area contributed by atoms with Crippen LogP contribution in [0.5, 0.6) is 5.75 Å². The number of aromatic nitrogens is 2. The molecule has 33 heavy (non-hydrogen) atoms. The zero-order valence-electron chi connectivity index (χ0n) is 19.0. The molecule has 3 rings (SSSR count). The van der Waals surface area contributed by atoms with Gasteiger partial charge >= 0.3 is 11.7 Å². The first-order chi connectivity index (χ1) is 15.1. The smallest absolute Gasteiger partial charge is 0.332 e. The molecule has 0 radical (unpaired) electrons. The Bertz CT molecular complexity index is 1140. The lowest BCUT2D eigenvalue weighted by atomic mass is 10.1. The van der Waals surface area contributed by atoms with Gasteiger partial charge in [-0.3, -0.25) is 23.5 Å². The van der Waals surface area contributed by atoms with E-state index < -0.39 is 46.8 Å². The molecule has 180 valence electrons. The van der Waals surface area contributed by atoms with Crippen molar-refractivity contribution >= 4 is 24.3 Å². The topological polar surface area (TPSA) is 103 Å². The van der Waals surface area contributed by atoms with Gasteiger partial charge in [0.25, 0.3) is 11.5 Å². The first kappa shape index (κ1) is 26.3. The van der Waals surface area contributed by atoms with Gasteiger partial charge in [-0.2, -0.15) is 0 Å². The summed E-state index contributed by atoms with van der Waals surface area (Å²) in [6, 6.07) is 4.77. The minimum Gasteiger partial charge on any atom is -0.418 e. The van der Waals surface area contributed by atoms with Crippen molar-refractivity contribution in [1.82, 2.24) is 19.4 Å². The third-order valence-corrected chi connectivity index (χ3v) is 5.34. The number of carbonyl (C=O) groups excluding carboxylic acids is 2. The Morgan fingerprint density at radius 1 is 1.21 bits per heavy atom. The van der Waals surface area contributed by atoms with Crippen LogP contribution in [0, 0.1) is 5.82 Å². The van der Waals surface area contributed by atoms with E-state index >= 15 is 0 Å². The maximum Gasteiger partial charge on any atom is 0.332 e. The predicted octanol–water partition coefficient (Wildman–Crippen LogP) is 1.88. The van der Waals surface area contributed by atoms with Crippen LogP contribution in [0.25, 0.3) is 0 Å². The maximum atomic E-state index is 13.4. The second-order valence-electron chi connectivity index (χ2n) is 8.05. The Balaban J connectivity index is 0.00000385. The second kappa shape index (κ2) is 10.8. The molecule has 2 heterocycles. The summed E-state index contributed by atoms with van der Waals surface area (Å²) in [5.41, 5.74) is -0.989. The van der Waals surface area contributed by atoms with Crippen LogP contribution in [0.2, 0.25) is 0 Å². The highest BCUT2D eigenvalue weighted by Crippen LogP contribution is 2.28. The van der Waals surface area contributed by atoms with E-state index in [9.17, 15) is 23.6 Å². The highest BCUT2D eigenvalue weighted by Gasteiger charge is 2.38. The molecule has 1 amide bonds. The van der Waals surface area contributed by atoms with Crippen LogP contribution < -0.4 is 21.3 Å². The van der Waals surface area contributed by atoms with Gasteiger partial charge in [0, 0.05) is 26.1 Å². The quantitative estimate of drug-likeness (QED) is 0.604. The largest absolute Gasteiger partial charge is 0.418 e. The van der Waals surface area contributed by atoms with E-state index in [1.54, 1.807) is 33.0 Å². The molecule has 1 aromatic heterocycles. The lowest BCUT2D eigenvalue weighted by Gasteiger charge is -2.36. The number of carbonyl (C=O) groups is 2. The summed E-state index contributed by atoms with van der Waals surface area (Å²) in [6.07, 6.45) is 0.492. The molecule has 0 saturated carbocycles. The maximum absolute atomic E-state index is 13.4. The SMILES string of the molecule is CNCCC1CN(Cc2ccc(F)cc2)C(=O)c2c(OC(C)=O)c(=O)n(C(C)C)c(=O)n21.Cl. The van der Waals surface area contributed by atoms with Crippen LogP contribution in [0.4, 0.5) is 4.39 Å². The molecular formula is C22H28ClFN4O5. The summed E-state index contributed by atoms with van der Waals surface area (Å²) >= 11 is 0. The fraction of sp³-hybridized carbons (Fsp3) is 0.455. The Morgan fingerprint density at radius 3 is 2.39 bits per heavy atom. The van der Waals surface area contributed by atoms with E-state index in [-0.39, 0.29) is 31.2 Å². The Kier molecular flexibility index (Phi) is 8.57. The van der Waals surface area contributed by atoms with Gasteiger partial charge in [-0.05, 0) is 51.6 Å². The zero-order valence-corrected chi connectivity index (χ0v) is 19.8. The van der Waals surface area contributed by atoms with Crippen molar-refractivity contribution in [2.75, 3.05) is 20.1 Å². The Labute approximate surface area is 196 Å². The third-order valence-electron chi connectivity index (χ3n) is 5.34. The number of benzene rings is 1. The molecule has 2 aromatic rings. The van der Waals surface area contributed by atoms with Crippen LogP contribution in [-0.4, -0.2) is 46.0 Å². The van der Waals surface area contributed by atoms with Gasteiger partial charge in [-0.25, -0.2) is 9.18 Å². The molecule has 0 spiro atoms. The van der Waals surface area contributed by atoms with Gasteiger partial charge in [0.2, 0.25) is 5.75 Å². The molecule has 0 aliphatic carbocycles. The van der Waals surface area contributed by atoms with Crippen molar-refractivity contribution < 1.29 is 18.7 Å². The highest BCUT2D eigenvalue weighted by atomic mass is 35.5.